The number of alkyl halides is 1. The molecule has 70 valence electrons. The molecule has 0 radical (unpaired) electrons. The van der Waals surface area contributed by atoms with E-state index in [0.29, 0.717) is 10.6 Å². The molecule has 1 aromatic rings. The predicted molar refractivity (Wildman–Crippen MR) is 58.9 cm³/mol. The van der Waals surface area contributed by atoms with Crippen LogP contribution in [-0.4, -0.2) is 5.33 Å². The van der Waals surface area contributed by atoms with Gasteiger partial charge in [0.05, 0.1) is 5.02 Å². The standard InChI is InChI=1S/C10H9BrClF/c11-7-2-1-4-8-9(12)5-3-6-10(8)13/h1,3-6H,2,7H2. The van der Waals surface area contributed by atoms with Crippen molar-refractivity contribution in [2.45, 2.75) is 6.42 Å². The Morgan fingerprint density at radius 1 is 1.46 bits per heavy atom. The quantitative estimate of drug-likeness (QED) is 0.714. The summed E-state index contributed by atoms with van der Waals surface area (Å²) < 4.78 is 13.1. The molecule has 0 saturated heterocycles. The summed E-state index contributed by atoms with van der Waals surface area (Å²) in [4.78, 5) is 0. The second kappa shape index (κ2) is 5.40. The van der Waals surface area contributed by atoms with Crippen LogP contribution in [0.25, 0.3) is 6.08 Å². The van der Waals surface area contributed by atoms with Gasteiger partial charge >= 0.3 is 0 Å². The minimum Gasteiger partial charge on any atom is -0.206 e. The average molecular weight is 264 g/mol. The molecule has 0 saturated carbocycles. The van der Waals surface area contributed by atoms with Crippen molar-refractivity contribution in [2.75, 3.05) is 5.33 Å². The van der Waals surface area contributed by atoms with E-state index in [0.717, 1.165) is 11.8 Å². The first-order valence-electron chi connectivity index (χ1n) is 3.92. The summed E-state index contributed by atoms with van der Waals surface area (Å²) in [5.41, 5.74) is 0.463. The maximum absolute atomic E-state index is 13.1. The third-order valence-electron chi connectivity index (χ3n) is 1.56. The van der Waals surface area contributed by atoms with Crippen molar-refractivity contribution < 1.29 is 4.39 Å². The fourth-order valence-corrected chi connectivity index (χ4v) is 1.42. The molecule has 3 heteroatoms. The van der Waals surface area contributed by atoms with Crippen molar-refractivity contribution in [3.8, 4) is 0 Å². The van der Waals surface area contributed by atoms with Crippen LogP contribution in [0, 0.1) is 5.82 Å². The Morgan fingerprint density at radius 3 is 2.85 bits per heavy atom. The third-order valence-corrected chi connectivity index (χ3v) is 2.35. The van der Waals surface area contributed by atoms with Crippen molar-refractivity contribution in [3.05, 3.63) is 40.7 Å². The number of benzene rings is 1. The minimum atomic E-state index is -0.279. The summed E-state index contributed by atoms with van der Waals surface area (Å²) in [6, 6.07) is 4.68. The molecule has 0 heterocycles. The summed E-state index contributed by atoms with van der Waals surface area (Å²) in [5.74, 6) is -0.279. The van der Waals surface area contributed by atoms with Crippen LogP contribution in [0.1, 0.15) is 12.0 Å². The highest BCUT2D eigenvalue weighted by atomic mass is 79.9. The molecule has 1 rings (SSSR count). The maximum Gasteiger partial charge on any atom is 0.131 e. The van der Waals surface area contributed by atoms with Gasteiger partial charge in [-0.05, 0) is 18.6 Å². The van der Waals surface area contributed by atoms with Gasteiger partial charge in [0.25, 0.3) is 0 Å². The van der Waals surface area contributed by atoms with E-state index in [1.165, 1.54) is 6.07 Å². The van der Waals surface area contributed by atoms with E-state index in [1.54, 1.807) is 18.2 Å². The summed E-state index contributed by atoms with van der Waals surface area (Å²) in [6.07, 6.45) is 4.46. The molecule has 0 fully saturated rings. The van der Waals surface area contributed by atoms with E-state index in [1.807, 2.05) is 6.08 Å². The second-order valence-electron chi connectivity index (χ2n) is 2.52. The van der Waals surface area contributed by atoms with Crippen molar-refractivity contribution in [2.24, 2.45) is 0 Å². The molecule has 0 aliphatic rings. The largest absolute Gasteiger partial charge is 0.206 e. The van der Waals surface area contributed by atoms with Crippen LogP contribution in [0.5, 0.6) is 0 Å². The van der Waals surface area contributed by atoms with Crippen LogP contribution in [0.4, 0.5) is 4.39 Å². The molecule has 0 aromatic heterocycles. The monoisotopic (exact) mass is 262 g/mol. The van der Waals surface area contributed by atoms with Gasteiger partial charge in [-0.25, -0.2) is 4.39 Å². The Morgan fingerprint density at radius 2 is 2.23 bits per heavy atom. The zero-order valence-electron chi connectivity index (χ0n) is 6.93. The Kier molecular flexibility index (Phi) is 4.46. The van der Waals surface area contributed by atoms with E-state index in [9.17, 15) is 4.39 Å². The fraction of sp³-hybridized carbons (Fsp3) is 0.200. The molecular weight excluding hydrogens is 254 g/mol. The number of rotatable bonds is 3. The molecular formula is C10H9BrClF. The van der Waals surface area contributed by atoms with Crippen molar-refractivity contribution in [3.63, 3.8) is 0 Å². The molecule has 0 unspecified atom stereocenters. The van der Waals surface area contributed by atoms with Gasteiger partial charge in [0, 0.05) is 10.9 Å². The Bertz CT molecular complexity index is 290. The molecule has 0 aliphatic heterocycles. The van der Waals surface area contributed by atoms with Crippen LogP contribution < -0.4 is 0 Å². The Hall–Kier alpha value is -0.340. The topological polar surface area (TPSA) is 0 Å². The van der Waals surface area contributed by atoms with E-state index in [2.05, 4.69) is 15.9 Å². The number of allylic oxidation sites excluding steroid dienone is 1. The van der Waals surface area contributed by atoms with E-state index < -0.39 is 0 Å². The number of halogens is 3. The van der Waals surface area contributed by atoms with Gasteiger partial charge in [-0.2, -0.15) is 0 Å². The highest BCUT2D eigenvalue weighted by Gasteiger charge is 2.01. The summed E-state index contributed by atoms with van der Waals surface area (Å²) in [6.45, 7) is 0. The zero-order chi connectivity index (χ0) is 9.68. The fourth-order valence-electron chi connectivity index (χ4n) is 0.934. The minimum absolute atomic E-state index is 0.279. The molecule has 0 amide bonds. The van der Waals surface area contributed by atoms with Gasteiger partial charge in [-0.1, -0.05) is 45.7 Å². The molecule has 0 atom stereocenters. The first kappa shape index (κ1) is 10.7. The maximum atomic E-state index is 13.1. The van der Waals surface area contributed by atoms with Crippen molar-refractivity contribution >= 4 is 33.6 Å². The first-order valence-corrected chi connectivity index (χ1v) is 5.42. The zero-order valence-corrected chi connectivity index (χ0v) is 9.28. The van der Waals surface area contributed by atoms with Crippen LogP contribution in [0.2, 0.25) is 5.02 Å². The lowest BCUT2D eigenvalue weighted by Crippen LogP contribution is -1.82. The lowest BCUT2D eigenvalue weighted by atomic mass is 10.2. The molecule has 0 aliphatic carbocycles. The van der Waals surface area contributed by atoms with E-state index >= 15 is 0 Å². The number of hydrogen-bond donors (Lipinski definition) is 0. The van der Waals surface area contributed by atoms with E-state index in [-0.39, 0.29) is 5.82 Å². The lowest BCUT2D eigenvalue weighted by molar-refractivity contribution is 0.625. The SMILES string of the molecule is Fc1cccc(Cl)c1C=CCCBr. The van der Waals surface area contributed by atoms with Crippen molar-refractivity contribution in [1.29, 1.82) is 0 Å². The van der Waals surface area contributed by atoms with Crippen LogP contribution in [0.15, 0.2) is 24.3 Å². The molecule has 0 spiro atoms. The second-order valence-corrected chi connectivity index (χ2v) is 3.72. The summed E-state index contributed by atoms with van der Waals surface area (Å²) in [7, 11) is 0. The molecule has 0 nitrogen and oxygen atoms in total. The lowest BCUT2D eigenvalue weighted by Gasteiger charge is -1.98. The highest BCUT2D eigenvalue weighted by molar-refractivity contribution is 9.09. The first-order chi connectivity index (χ1) is 6.25. The Labute approximate surface area is 90.5 Å². The van der Waals surface area contributed by atoms with Crippen LogP contribution in [-0.2, 0) is 0 Å². The van der Waals surface area contributed by atoms with Crippen LogP contribution in [0.3, 0.4) is 0 Å². The van der Waals surface area contributed by atoms with Crippen LogP contribution >= 0.6 is 27.5 Å². The third kappa shape index (κ3) is 3.12. The van der Waals surface area contributed by atoms with Gasteiger partial charge in [-0.15, -0.1) is 0 Å². The molecule has 1 aromatic carbocycles. The summed E-state index contributed by atoms with van der Waals surface area (Å²) in [5, 5.41) is 1.32. The molecule has 13 heavy (non-hydrogen) atoms. The highest BCUT2D eigenvalue weighted by Crippen LogP contribution is 2.20. The average Bonchev–Trinajstić information content (AvgIpc) is 2.10. The Balaban J connectivity index is 2.87. The number of hydrogen-bond acceptors (Lipinski definition) is 0. The molecule has 0 bridgehead atoms. The van der Waals surface area contributed by atoms with Gasteiger partial charge in [0.2, 0.25) is 0 Å². The normalized spacial score (nSPS) is 11.0. The van der Waals surface area contributed by atoms with Crippen molar-refractivity contribution in [1.82, 2.24) is 0 Å². The van der Waals surface area contributed by atoms with Gasteiger partial charge < -0.3 is 0 Å². The van der Waals surface area contributed by atoms with E-state index in [4.69, 9.17) is 11.6 Å². The summed E-state index contributed by atoms with van der Waals surface area (Å²) >= 11 is 9.09. The van der Waals surface area contributed by atoms with Gasteiger partial charge in [0.1, 0.15) is 5.82 Å². The molecule has 0 N–H and O–H groups in total. The van der Waals surface area contributed by atoms with Gasteiger partial charge in [0.15, 0.2) is 0 Å². The predicted octanol–water partition coefficient (Wildman–Crippen LogP) is 4.28. The van der Waals surface area contributed by atoms with Gasteiger partial charge in [-0.3, -0.25) is 0 Å². The smallest absolute Gasteiger partial charge is 0.131 e.